The minimum Gasteiger partial charge on any atom is -0.425 e. The van der Waals surface area contributed by atoms with E-state index in [4.69, 9.17) is 9.15 Å². The zero-order valence-corrected chi connectivity index (χ0v) is 21.9. The summed E-state index contributed by atoms with van der Waals surface area (Å²) < 4.78 is 39.7. The first-order valence-electron chi connectivity index (χ1n) is 12.3. The second-order valence-electron chi connectivity index (χ2n) is 9.10. The van der Waals surface area contributed by atoms with Gasteiger partial charge in [0, 0.05) is 17.5 Å². The standard InChI is InChI=1S/C31H25NO6S/c1-21-12-15-25(16-13-21)39(35,36)32-28(18-22-8-4-2-5-9-22)31(34)37-24-14-17-26-27(23-10-6-3-7-11-23)20-30(33)38-29(26)19-24/h2-17,19-20,28,32H,18H2,1H3. The molecule has 4 aromatic carbocycles. The van der Waals surface area contributed by atoms with Crippen LogP contribution in [0.1, 0.15) is 11.1 Å². The molecule has 0 aliphatic rings. The highest BCUT2D eigenvalue weighted by molar-refractivity contribution is 7.89. The molecule has 0 aliphatic heterocycles. The van der Waals surface area contributed by atoms with Crippen molar-refractivity contribution < 1.29 is 22.4 Å². The van der Waals surface area contributed by atoms with Gasteiger partial charge in [0.15, 0.2) is 0 Å². The monoisotopic (exact) mass is 539 g/mol. The van der Waals surface area contributed by atoms with Gasteiger partial charge in [-0.3, -0.25) is 0 Å². The fourth-order valence-electron chi connectivity index (χ4n) is 4.25. The summed E-state index contributed by atoms with van der Waals surface area (Å²) in [6.45, 7) is 1.86. The summed E-state index contributed by atoms with van der Waals surface area (Å²) in [5.74, 6) is -0.677. The first-order valence-corrected chi connectivity index (χ1v) is 13.7. The predicted molar refractivity (Wildman–Crippen MR) is 149 cm³/mol. The second kappa shape index (κ2) is 11.1. The van der Waals surface area contributed by atoms with E-state index in [1.807, 2.05) is 55.5 Å². The van der Waals surface area contributed by atoms with Gasteiger partial charge in [0.05, 0.1) is 4.90 Å². The molecule has 5 rings (SSSR count). The molecule has 39 heavy (non-hydrogen) atoms. The molecule has 0 saturated carbocycles. The number of rotatable bonds is 8. The number of carbonyl (C=O) groups is 1. The van der Waals surface area contributed by atoms with Crippen molar-refractivity contribution in [2.24, 2.45) is 0 Å². The number of carbonyl (C=O) groups excluding carboxylic acids is 1. The van der Waals surface area contributed by atoms with Crippen molar-refractivity contribution in [3.8, 4) is 16.9 Å². The summed E-state index contributed by atoms with van der Waals surface area (Å²) in [4.78, 5) is 25.7. The quantitative estimate of drug-likeness (QED) is 0.164. The van der Waals surface area contributed by atoms with Crippen molar-refractivity contribution in [3.05, 3.63) is 131 Å². The molecule has 1 N–H and O–H groups in total. The van der Waals surface area contributed by atoms with E-state index in [1.54, 1.807) is 36.4 Å². The smallest absolute Gasteiger partial charge is 0.336 e. The number of hydrogen-bond donors (Lipinski definition) is 1. The molecule has 1 atom stereocenters. The van der Waals surface area contributed by atoms with Gasteiger partial charge in [-0.1, -0.05) is 78.4 Å². The topological polar surface area (TPSA) is 103 Å². The number of nitrogens with one attached hydrogen (secondary N) is 1. The van der Waals surface area contributed by atoms with Crippen LogP contribution in [0.5, 0.6) is 5.75 Å². The van der Waals surface area contributed by atoms with Crippen molar-refractivity contribution in [2.45, 2.75) is 24.3 Å². The van der Waals surface area contributed by atoms with E-state index in [2.05, 4.69) is 4.72 Å². The summed E-state index contributed by atoms with van der Waals surface area (Å²) in [5, 5.41) is 0.668. The maximum atomic E-state index is 13.3. The van der Waals surface area contributed by atoms with Crippen LogP contribution in [0.15, 0.2) is 123 Å². The number of aryl methyl sites for hydroxylation is 1. The molecule has 0 fully saturated rings. The van der Waals surface area contributed by atoms with Crippen molar-refractivity contribution in [1.29, 1.82) is 0 Å². The molecule has 8 heteroatoms. The van der Waals surface area contributed by atoms with E-state index in [9.17, 15) is 18.0 Å². The van der Waals surface area contributed by atoms with Gasteiger partial charge in [-0.15, -0.1) is 0 Å². The second-order valence-corrected chi connectivity index (χ2v) is 10.8. The third kappa shape index (κ3) is 6.14. The fraction of sp³-hybridized carbons (Fsp3) is 0.0968. The van der Waals surface area contributed by atoms with Gasteiger partial charge in [0.25, 0.3) is 0 Å². The lowest BCUT2D eigenvalue weighted by Crippen LogP contribution is -2.44. The maximum absolute atomic E-state index is 13.3. The van der Waals surface area contributed by atoms with Gasteiger partial charge in [0.2, 0.25) is 10.0 Å². The first kappa shape index (κ1) is 26.1. The molecule has 1 aromatic heterocycles. The highest BCUT2D eigenvalue weighted by Crippen LogP contribution is 2.30. The Balaban J connectivity index is 1.45. The van der Waals surface area contributed by atoms with Crippen molar-refractivity contribution >= 4 is 27.0 Å². The van der Waals surface area contributed by atoms with Gasteiger partial charge in [-0.05, 0) is 54.3 Å². The van der Waals surface area contributed by atoms with E-state index in [0.29, 0.717) is 10.9 Å². The Kier molecular flexibility index (Phi) is 7.40. The van der Waals surface area contributed by atoms with Crippen molar-refractivity contribution in [2.75, 3.05) is 0 Å². The molecule has 0 spiro atoms. The van der Waals surface area contributed by atoms with E-state index >= 15 is 0 Å². The average molecular weight is 540 g/mol. The largest absolute Gasteiger partial charge is 0.425 e. The Morgan fingerprint density at radius 3 is 2.23 bits per heavy atom. The summed E-state index contributed by atoms with van der Waals surface area (Å²) in [6.07, 6.45) is 0.0750. The summed E-state index contributed by atoms with van der Waals surface area (Å²) in [5.41, 5.74) is 2.89. The molecule has 0 radical (unpaired) electrons. The van der Waals surface area contributed by atoms with E-state index in [-0.39, 0.29) is 22.6 Å². The zero-order valence-electron chi connectivity index (χ0n) is 21.0. The maximum Gasteiger partial charge on any atom is 0.336 e. The lowest BCUT2D eigenvalue weighted by atomic mass is 10.0. The molecule has 196 valence electrons. The Bertz CT molecular complexity index is 1780. The van der Waals surface area contributed by atoms with Gasteiger partial charge >= 0.3 is 11.6 Å². The highest BCUT2D eigenvalue weighted by Gasteiger charge is 2.28. The van der Waals surface area contributed by atoms with E-state index in [1.165, 1.54) is 24.3 Å². The van der Waals surface area contributed by atoms with Crippen LogP contribution in [0, 0.1) is 6.92 Å². The van der Waals surface area contributed by atoms with Crippen molar-refractivity contribution in [3.63, 3.8) is 0 Å². The minimum absolute atomic E-state index is 0.0416. The lowest BCUT2D eigenvalue weighted by Gasteiger charge is -2.18. The van der Waals surface area contributed by atoms with Crippen LogP contribution >= 0.6 is 0 Å². The Hall–Kier alpha value is -4.53. The number of benzene rings is 4. The molecule has 0 amide bonds. The van der Waals surface area contributed by atoms with E-state index in [0.717, 1.165) is 16.7 Å². The third-order valence-electron chi connectivity index (χ3n) is 6.22. The molecule has 1 heterocycles. The number of sulfonamides is 1. The van der Waals surface area contributed by atoms with Gasteiger partial charge < -0.3 is 9.15 Å². The first-order chi connectivity index (χ1) is 18.8. The minimum atomic E-state index is -4.02. The fourth-order valence-corrected chi connectivity index (χ4v) is 5.43. The van der Waals surface area contributed by atoms with Gasteiger partial charge in [-0.25, -0.2) is 18.0 Å². The molecule has 0 bridgehead atoms. The van der Waals surface area contributed by atoms with Crippen LogP contribution in [0.2, 0.25) is 0 Å². The summed E-state index contributed by atoms with van der Waals surface area (Å²) in [6, 6.07) is 29.7. The van der Waals surface area contributed by atoms with Gasteiger partial charge in [0.1, 0.15) is 17.4 Å². The molecule has 5 aromatic rings. The average Bonchev–Trinajstić information content (AvgIpc) is 2.93. The summed E-state index contributed by atoms with van der Waals surface area (Å²) in [7, 11) is -4.02. The predicted octanol–water partition coefficient (Wildman–Crippen LogP) is 5.26. The van der Waals surface area contributed by atoms with E-state index < -0.39 is 27.7 Å². The van der Waals surface area contributed by atoms with Crippen LogP contribution in [0.4, 0.5) is 0 Å². The Morgan fingerprint density at radius 2 is 1.54 bits per heavy atom. The van der Waals surface area contributed by atoms with Crippen molar-refractivity contribution in [1.82, 2.24) is 4.72 Å². The van der Waals surface area contributed by atoms with Gasteiger partial charge in [-0.2, -0.15) is 4.72 Å². The highest BCUT2D eigenvalue weighted by atomic mass is 32.2. The summed E-state index contributed by atoms with van der Waals surface area (Å²) >= 11 is 0. The Morgan fingerprint density at radius 1 is 0.872 bits per heavy atom. The van der Waals surface area contributed by atoms with Crippen LogP contribution in [-0.2, 0) is 21.2 Å². The van der Waals surface area contributed by atoms with Crippen LogP contribution in [0.3, 0.4) is 0 Å². The molecule has 7 nitrogen and oxygen atoms in total. The zero-order chi connectivity index (χ0) is 27.4. The van der Waals surface area contributed by atoms with Crippen LogP contribution in [0.25, 0.3) is 22.1 Å². The number of ether oxygens (including phenoxy) is 1. The lowest BCUT2D eigenvalue weighted by molar-refractivity contribution is -0.136. The number of hydrogen-bond acceptors (Lipinski definition) is 6. The molecule has 0 aliphatic carbocycles. The third-order valence-corrected chi connectivity index (χ3v) is 7.70. The Labute approximate surface area is 225 Å². The molecule has 1 unspecified atom stereocenters. The SMILES string of the molecule is Cc1ccc(S(=O)(=O)NC(Cc2ccccc2)C(=O)Oc2ccc3c(-c4ccccc4)cc(=O)oc3c2)cc1. The number of fused-ring (bicyclic) bond motifs is 1. The molecular formula is C31H25NO6S. The molecule has 0 saturated heterocycles. The number of esters is 1. The van der Waals surface area contributed by atoms with Crippen LogP contribution in [-0.4, -0.2) is 20.4 Å². The van der Waals surface area contributed by atoms with Crippen LogP contribution < -0.4 is 15.1 Å². The molecular weight excluding hydrogens is 514 g/mol. The normalized spacial score (nSPS) is 12.2.